The number of carbonyl (C=O) groups excluding carboxylic acids is 3. The normalized spacial score (nSPS) is 22.2. The number of carbonyl (C=O) groups is 3. The first-order valence-electron chi connectivity index (χ1n) is 9.14. The van der Waals surface area contributed by atoms with E-state index in [9.17, 15) is 27.6 Å². The molecule has 2 rings (SSSR count). The maximum atomic E-state index is 12.9. The highest BCUT2D eigenvalue weighted by Gasteiger charge is 2.56. The molecule has 0 saturated carbocycles. The molecule has 1 aliphatic heterocycles. The number of ether oxygens (including phenoxy) is 2. The molecule has 1 saturated heterocycles. The van der Waals surface area contributed by atoms with Crippen molar-refractivity contribution in [3.05, 3.63) is 35.9 Å². The van der Waals surface area contributed by atoms with Crippen molar-refractivity contribution in [1.82, 2.24) is 10.2 Å². The summed E-state index contributed by atoms with van der Waals surface area (Å²) in [7, 11) is 0. The van der Waals surface area contributed by atoms with Gasteiger partial charge in [0.05, 0.1) is 13.2 Å². The maximum Gasteiger partial charge on any atom is 0.471 e. The predicted molar refractivity (Wildman–Crippen MR) is 95.5 cm³/mol. The lowest BCUT2D eigenvalue weighted by atomic mass is 9.95. The first-order chi connectivity index (χ1) is 13.6. The summed E-state index contributed by atoms with van der Waals surface area (Å²) in [5.74, 6) is -3.98. The predicted octanol–water partition coefficient (Wildman–Crippen LogP) is 1.80. The third-order valence-corrected chi connectivity index (χ3v) is 4.52. The average molecular weight is 416 g/mol. The van der Waals surface area contributed by atoms with Crippen LogP contribution in [0, 0.1) is 0 Å². The molecular weight excluding hydrogens is 393 g/mol. The van der Waals surface area contributed by atoms with Crippen molar-refractivity contribution in [2.24, 2.45) is 0 Å². The molecule has 10 heteroatoms. The molecule has 0 aliphatic carbocycles. The Balaban J connectivity index is 2.38. The summed E-state index contributed by atoms with van der Waals surface area (Å²) in [5, 5.41) is 1.77. The summed E-state index contributed by atoms with van der Waals surface area (Å²) >= 11 is 0. The number of nitrogens with zero attached hydrogens (tertiary/aromatic N) is 1. The van der Waals surface area contributed by atoms with Gasteiger partial charge in [0, 0.05) is 19.5 Å². The van der Waals surface area contributed by atoms with Gasteiger partial charge in [0.2, 0.25) is 0 Å². The second-order valence-corrected chi connectivity index (χ2v) is 6.62. The molecular formula is C19H23F3N2O5. The molecule has 0 aromatic heterocycles. The summed E-state index contributed by atoms with van der Waals surface area (Å²) in [5.41, 5.74) is -1.24. The number of amides is 1. The number of alkyl halides is 3. The molecule has 160 valence electrons. The van der Waals surface area contributed by atoms with Crippen LogP contribution in [-0.2, 0) is 30.4 Å². The second-order valence-electron chi connectivity index (χ2n) is 6.62. The van der Waals surface area contributed by atoms with Crippen molar-refractivity contribution >= 4 is 17.8 Å². The number of rotatable bonds is 7. The van der Waals surface area contributed by atoms with E-state index >= 15 is 0 Å². The van der Waals surface area contributed by atoms with Crippen LogP contribution in [0.1, 0.15) is 25.8 Å². The number of halogens is 3. The van der Waals surface area contributed by atoms with E-state index in [0.29, 0.717) is 0 Å². The molecule has 1 heterocycles. The van der Waals surface area contributed by atoms with Crippen LogP contribution in [0.15, 0.2) is 30.3 Å². The van der Waals surface area contributed by atoms with Gasteiger partial charge in [0.1, 0.15) is 6.04 Å². The number of hydrogen-bond acceptors (Lipinski definition) is 6. The zero-order chi connectivity index (χ0) is 21.7. The minimum Gasteiger partial charge on any atom is -0.465 e. The Bertz CT molecular complexity index is 741. The van der Waals surface area contributed by atoms with Gasteiger partial charge in [-0.2, -0.15) is 13.2 Å². The number of benzene rings is 1. The summed E-state index contributed by atoms with van der Waals surface area (Å²) in [6.07, 6.45) is -5.58. The summed E-state index contributed by atoms with van der Waals surface area (Å²) < 4.78 is 48.6. The van der Waals surface area contributed by atoms with Crippen LogP contribution in [0.2, 0.25) is 0 Å². The zero-order valence-electron chi connectivity index (χ0n) is 16.1. The van der Waals surface area contributed by atoms with E-state index in [4.69, 9.17) is 9.47 Å². The largest absolute Gasteiger partial charge is 0.471 e. The number of nitrogens with one attached hydrogen (secondary N) is 1. The van der Waals surface area contributed by atoms with Gasteiger partial charge in [-0.3, -0.25) is 14.5 Å². The van der Waals surface area contributed by atoms with Crippen molar-refractivity contribution in [2.75, 3.05) is 19.8 Å². The topological polar surface area (TPSA) is 84.9 Å². The molecule has 1 aliphatic rings. The molecule has 1 aromatic carbocycles. The fourth-order valence-electron chi connectivity index (χ4n) is 3.28. The lowest BCUT2D eigenvalue weighted by Crippen LogP contribution is -2.59. The first kappa shape index (κ1) is 22.7. The Morgan fingerprint density at radius 2 is 1.76 bits per heavy atom. The Kier molecular flexibility index (Phi) is 7.23. The highest BCUT2D eigenvalue weighted by Crippen LogP contribution is 2.32. The Labute approximate surface area is 166 Å². The lowest BCUT2D eigenvalue weighted by Gasteiger charge is -2.28. The van der Waals surface area contributed by atoms with Crippen LogP contribution in [0.3, 0.4) is 0 Å². The SMILES string of the molecule is CCOC(=O)[C@@H]1C[C@](NC(=O)C(F)(F)F)(C(=O)OCC)CN1Cc1ccccc1. The van der Waals surface area contributed by atoms with Crippen LogP contribution in [-0.4, -0.2) is 60.3 Å². The van der Waals surface area contributed by atoms with E-state index < -0.39 is 35.6 Å². The Morgan fingerprint density at radius 1 is 1.14 bits per heavy atom. The highest BCUT2D eigenvalue weighted by atomic mass is 19.4. The highest BCUT2D eigenvalue weighted by molar-refractivity contribution is 5.92. The molecule has 0 unspecified atom stereocenters. The zero-order valence-corrected chi connectivity index (χ0v) is 16.1. The van der Waals surface area contributed by atoms with Crippen molar-refractivity contribution < 1.29 is 37.0 Å². The van der Waals surface area contributed by atoms with Gasteiger partial charge in [-0.1, -0.05) is 30.3 Å². The Hall–Kier alpha value is -2.62. The molecule has 1 aromatic rings. The van der Waals surface area contributed by atoms with Crippen LogP contribution in [0.25, 0.3) is 0 Å². The van der Waals surface area contributed by atoms with Gasteiger partial charge in [-0.15, -0.1) is 0 Å². The molecule has 29 heavy (non-hydrogen) atoms. The molecule has 1 fully saturated rings. The molecule has 1 N–H and O–H groups in total. The van der Waals surface area contributed by atoms with Gasteiger partial charge in [0.15, 0.2) is 5.54 Å². The van der Waals surface area contributed by atoms with Crippen molar-refractivity contribution in [3.63, 3.8) is 0 Å². The fourth-order valence-corrected chi connectivity index (χ4v) is 3.28. The standard InChI is InChI=1S/C19H23F3N2O5/c1-3-28-15(25)14-10-18(17(27)29-4-2,23-16(26)19(20,21)22)12-24(14)11-13-8-6-5-7-9-13/h5-9,14H,3-4,10-12H2,1-2H3,(H,23,26)/t14-,18+/m0/s1. The van der Waals surface area contributed by atoms with Crippen molar-refractivity contribution in [1.29, 1.82) is 0 Å². The van der Waals surface area contributed by atoms with E-state index in [2.05, 4.69) is 0 Å². The van der Waals surface area contributed by atoms with Crippen LogP contribution < -0.4 is 5.32 Å². The van der Waals surface area contributed by atoms with Crippen LogP contribution >= 0.6 is 0 Å². The quantitative estimate of drug-likeness (QED) is 0.683. The maximum absolute atomic E-state index is 12.9. The third kappa shape index (κ3) is 5.47. The summed E-state index contributed by atoms with van der Waals surface area (Å²) in [6.45, 7) is 2.91. The van der Waals surface area contributed by atoms with E-state index in [-0.39, 0.29) is 32.7 Å². The van der Waals surface area contributed by atoms with Gasteiger partial charge >= 0.3 is 24.0 Å². The van der Waals surface area contributed by atoms with Crippen molar-refractivity contribution in [2.45, 2.75) is 44.6 Å². The Morgan fingerprint density at radius 3 is 2.31 bits per heavy atom. The average Bonchev–Trinajstić information content (AvgIpc) is 3.01. The number of likely N-dealkylation sites (tertiary alicyclic amines) is 1. The van der Waals surface area contributed by atoms with Gasteiger partial charge in [-0.25, -0.2) is 4.79 Å². The molecule has 2 atom stereocenters. The minimum atomic E-state index is -5.19. The summed E-state index contributed by atoms with van der Waals surface area (Å²) in [6, 6.07) is 7.88. The van der Waals surface area contributed by atoms with Crippen LogP contribution in [0.5, 0.6) is 0 Å². The second kappa shape index (κ2) is 9.25. The molecule has 0 bridgehead atoms. The molecule has 0 spiro atoms. The third-order valence-electron chi connectivity index (χ3n) is 4.52. The van der Waals surface area contributed by atoms with E-state index in [1.807, 2.05) is 0 Å². The lowest BCUT2D eigenvalue weighted by molar-refractivity contribution is -0.178. The number of hydrogen-bond donors (Lipinski definition) is 1. The smallest absolute Gasteiger partial charge is 0.465 e. The number of esters is 2. The van der Waals surface area contributed by atoms with Crippen molar-refractivity contribution in [3.8, 4) is 0 Å². The minimum absolute atomic E-state index is 0.0653. The molecule has 1 amide bonds. The first-order valence-corrected chi connectivity index (χ1v) is 9.14. The van der Waals surface area contributed by atoms with E-state index in [0.717, 1.165) is 5.56 Å². The van der Waals surface area contributed by atoms with Gasteiger partial charge in [0.25, 0.3) is 0 Å². The van der Waals surface area contributed by atoms with E-state index in [1.54, 1.807) is 42.6 Å². The molecule has 7 nitrogen and oxygen atoms in total. The van der Waals surface area contributed by atoms with E-state index in [1.165, 1.54) is 11.8 Å². The summed E-state index contributed by atoms with van der Waals surface area (Å²) in [4.78, 5) is 38.2. The monoisotopic (exact) mass is 416 g/mol. The fraction of sp³-hybridized carbons (Fsp3) is 0.526. The van der Waals surface area contributed by atoms with Gasteiger partial charge in [-0.05, 0) is 19.4 Å². The van der Waals surface area contributed by atoms with Gasteiger partial charge < -0.3 is 14.8 Å². The van der Waals surface area contributed by atoms with Crippen LogP contribution in [0.4, 0.5) is 13.2 Å². The molecule has 0 radical (unpaired) electrons.